The fourth-order valence-corrected chi connectivity index (χ4v) is 6.13. The van der Waals surface area contributed by atoms with Crippen molar-refractivity contribution in [3.8, 4) is 0 Å². The summed E-state index contributed by atoms with van der Waals surface area (Å²) in [5, 5.41) is 4.40. The number of piperazine rings is 1. The van der Waals surface area contributed by atoms with Crippen LogP contribution in [0.25, 0.3) is 10.9 Å². The van der Waals surface area contributed by atoms with E-state index in [9.17, 15) is 8.42 Å². The Labute approximate surface area is 219 Å². The van der Waals surface area contributed by atoms with E-state index < -0.39 is 10.0 Å². The van der Waals surface area contributed by atoms with Crippen molar-refractivity contribution in [1.29, 1.82) is 0 Å². The predicted molar refractivity (Wildman–Crippen MR) is 149 cm³/mol. The van der Waals surface area contributed by atoms with Gasteiger partial charge in [-0.15, -0.1) is 0 Å². The Morgan fingerprint density at radius 1 is 0.784 bits per heavy atom. The highest BCUT2D eigenvalue weighted by atomic mass is 32.2. The molecule has 8 heteroatoms. The van der Waals surface area contributed by atoms with Gasteiger partial charge in [-0.25, -0.2) is 18.4 Å². The van der Waals surface area contributed by atoms with E-state index in [1.165, 1.54) is 0 Å². The summed E-state index contributed by atoms with van der Waals surface area (Å²) in [5.41, 5.74) is 2.98. The molecule has 0 spiro atoms. The fraction of sp³-hybridized carbons (Fsp3) is 0.310. The summed E-state index contributed by atoms with van der Waals surface area (Å²) < 4.78 is 28.1. The summed E-state index contributed by atoms with van der Waals surface area (Å²) in [6.07, 6.45) is 0. The van der Waals surface area contributed by atoms with Crippen LogP contribution in [0.3, 0.4) is 0 Å². The first kappa shape index (κ1) is 25.3. The molecule has 3 aromatic carbocycles. The molecule has 4 aromatic rings. The molecule has 7 nitrogen and oxygen atoms in total. The molecule has 1 N–H and O–H groups in total. The van der Waals surface area contributed by atoms with Crippen LogP contribution in [0, 0.1) is 0 Å². The molecule has 5 rings (SSSR count). The first-order valence-electron chi connectivity index (χ1n) is 12.8. The molecular formula is C29H33N5O2S. The number of hydrogen-bond acceptors (Lipinski definition) is 6. The number of aromatic nitrogens is 2. The summed E-state index contributed by atoms with van der Waals surface area (Å²) in [7, 11) is -3.52. The van der Waals surface area contributed by atoms with Crippen LogP contribution in [0.2, 0.25) is 0 Å². The Hall–Kier alpha value is -3.33. The smallest absolute Gasteiger partial charge is 0.243 e. The number of fused-ring (bicyclic) bond motifs is 1. The summed E-state index contributed by atoms with van der Waals surface area (Å²) >= 11 is 0. The number of rotatable bonds is 7. The monoisotopic (exact) mass is 515 g/mol. The second-order valence-electron chi connectivity index (χ2n) is 9.78. The lowest BCUT2D eigenvalue weighted by atomic mass is 10.0. The molecule has 2 heterocycles. The van der Waals surface area contributed by atoms with E-state index in [4.69, 9.17) is 9.97 Å². The molecule has 0 bridgehead atoms. The van der Waals surface area contributed by atoms with Crippen molar-refractivity contribution in [3.05, 3.63) is 90.3 Å². The molecule has 1 aliphatic heterocycles. The van der Waals surface area contributed by atoms with Crippen molar-refractivity contribution in [3.63, 3.8) is 0 Å². The first-order chi connectivity index (χ1) is 17.8. The molecular weight excluding hydrogens is 482 g/mol. The SMILES string of the molecule is CC(C)c1ccc(S(=O)(=O)N2CCN([C@@H](C)c3nc(Nc4ccccc4)c4ccccc4n3)CC2)cc1. The van der Waals surface area contributed by atoms with Crippen LogP contribution >= 0.6 is 0 Å². The first-order valence-corrected chi connectivity index (χ1v) is 14.2. The Balaban J connectivity index is 1.33. The molecule has 0 aliphatic carbocycles. The predicted octanol–water partition coefficient (Wildman–Crippen LogP) is 5.56. The summed E-state index contributed by atoms with van der Waals surface area (Å²) in [5.74, 6) is 1.85. The van der Waals surface area contributed by atoms with Crippen molar-refractivity contribution < 1.29 is 8.42 Å². The maximum absolute atomic E-state index is 13.3. The molecule has 37 heavy (non-hydrogen) atoms. The minimum absolute atomic E-state index is 0.0592. The average molecular weight is 516 g/mol. The van der Waals surface area contributed by atoms with Crippen molar-refractivity contribution in [2.24, 2.45) is 0 Å². The van der Waals surface area contributed by atoms with E-state index in [2.05, 4.69) is 31.0 Å². The van der Waals surface area contributed by atoms with Gasteiger partial charge in [0.15, 0.2) is 0 Å². The Morgan fingerprint density at radius 2 is 1.43 bits per heavy atom. The largest absolute Gasteiger partial charge is 0.340 e. The molecule has 192 valence electrons. The number of hydrogen-bond donors (Lipinski definition) is 1. The second kappa shape index (κ2) is 10.6. The minimum Gasteiger partial charge on any atom is -0.340 e. The second-order valence-corrected chi connectivity index (χ2v) is 11.7. The van der Waals surface area contributed by atoms with Crippen LogP contribution < -0.4 is 5.32 Å². The van der Waals surface area contributed by atoms with E-state index in [1.807, 2.05) is 66.7 Å². The zero-order chi connectivity index (χ0) is 26.0. The van der Waals surface area contributed by atoms with E-state index in [-0.39, 0.29) is 6.04 Å². The zero-order valence-electron chi connectivity index (χ0n) is 21.5. The molecule has 1 aliphatic rings. The lowest BCUT2D eigenvalue weighted by Gasteiger charge is -2.37. The Kier molecular flexibility index (Phi) is 7.24. The van der Waals surface area contributed by atoms with Crippen LogP contribution in [0.15, 0.2) is 83.8 Å². The molecule has 1 aromatic heterocycles. The van der Waals surface area contributed by atoms with E-state index in [0.717, 1.165) is 33.8 Å². The lowest BCUT2D eigenvalue weighted by Crippen LogP contribution is -2.49. The van der Waals surface area contributed by atoms with Crippen molar-refractivity contribution in [2.45, 2.75) is 37.6 Å². The van der Waals surface area contributed by atoms with Gasteiger partial charge in [0.05, 0.1) is 16.5 Å². The van der Waals surface area contributed by atoms with Gasteiger partial charge in [-0.2, -0.15) is 4.31 Å². The third kappa shape index (κ3) is 5.37. The maximum atomic E-state index is 13.3. The van der Waals surface area contributed by atoms with Crippen molar-refractivity contribution in [1.82, 2.24) is 19.2 Å². The van der Waals surface area contributed by atoms with E-state index >= 15 is 0 Å². The molecule has 1 fully saturated rings. The van der Waals surface area contributed by atoms with Gasteiger partial charge in [0.1, 0.15) is 11.6 Å². The van der Waals surface area contributed by atoms with Gasteiger partial charge < -0.3 is 5.32 Å². The normalized spacial score (nSPS) is 16.2. The molecule has 1 atom stereocenters. The molecule has 0 radical (unpaired) electrons. The number of anilines is 2. The third-order valence-electron chi connectivity index (χ3n) is 7.04. The third-order valence-corrected chi connectivity index (χ3v) is 8.95. The van der Waals surface area contributed by atoms with Crippen molar-refractivity contribution >= 4 is 32.4 Å². The van der Waals surface area contributed by atoms with Crippen molar-refractivity contribution in [2.75, 3.05) is 31.5 Å². The molecule has 0 unspecified atom stereocenters. The summed E-state index contributed by atoms with van der Waals surface area (Å²) in [6.45, 7) is 8.38. The van der Waals surface area contributed by atoms with Gasteiger partial charge in [0.25, 0.3) is 0 Å². The van der Waals surface area contributed by atoms with E-state index in [0.29, 0.717) is 37.0 Å². The summed E-state index contributed by atoms with van der Waals surface area (Å²) in [4.78, 5) is 12.4. The number of nitrogens with zero attached hydrogens (tertiary/aromatic N) is 4. The number of sulfonamides is 1. The highest BCUT2D eigenvalue weighted by Gasteiger charge is 2.31. The minimum atomic E-state index is -3.52. The van der Waals surface area contributed by atoms with Crippen LogP contribution in [-0.2, 0) is 10.0 Å². The number of nitrogens with one attached hydrogen (secondary N) is 1. The average Bonchev–Trinajstić information content (AvgIpc) is 2.93. The molecule has 1 saturated heterocycles. The van der Waals surface area contributed by atoms with Crippen LogP contribution in [0.5, 0.6) is 0 Å². The van der Waals surface area contributed by atoms with Crippen LogP contribution in [-0.4, -0.2) is 53.8 Å². The Morgan fingerprint density at radius 3 is 2.11 bits per heavy atom. The summed E-state index contributed by atoms with van der Waals surface area (Å²) in [6, 6.07) is 25.2. The number of benzene rings is 3. The lowest BCUT2D eigenvalue weighted by molar-refractivity contribution is 0.141. The Bertz CT molecular complexity index is 1470. The van der Waals surface area contributed by atoms with Gasteiger partial charge in [-0.05, 0) is 54.8 Å². The fourth-order valence-electron chi connectivity index (χ4n) is 4.70. The van der Waals surface area contributed by atoms with Crippen LogP contribution in [0.4, 0.5) is 11.5 Å². The topological polar surface area (TPSA) is 78.4 Å². The number of para-hydroxylation sites is 2. The van der Waals surface area contributed by atoms with Gasteiger partial charge >= 0.3 is 0 Å². The van der Waals surface area contributed by atoms with Gasteiger partial charge in [-0.1, -0.05) is 56.3 Å². The molecule has 0 amide bonds. The van der Waals surface area contributed by atoms with Gasteiger partial charge in [0.2, 0.25) is 10.0 Å². The van der Waals surface area contributed by atoms with E-state index in [1.54, 1.807) is 16.4 Å². The van der Waals surface area contributed by atoms with Crippen LogP contribution in [0.1, 0.15) is 44.1 Å². The quantitative estimate of drug-likeness (QED) is 0.347. The van der Waals surface area contributed by atoms with Gasteiger partial charge in [0, 0.05) is 37.3 Å². The maximum Gasteiger partial charge on any atom is 0.243 e. The standard InChI is InChI=1S/C29H33N5O2S/c1-21(2)23-13-15-25(16-14-23)37(35,36)34-19-17-33(18-20-34)22(3)28-31-27-12-8-7-11-26(27)29(32-28)30-24-9-5-4-6-10-24/h4-16,21-22H,17-20H2,1-3H3,(H,30,31,32)/t22-/m0/s1. The zero-order valence-corrected chi connectivity index (χ0v) is 22.3. The highest BCUT2D eigenvalue weighted by Crippen LogP contribution is 2.28. The molecule has 0 saturated carbocycles. The van der Waals surface area contributed by atoms with Gasteiger partial charge in [-0.3, -0.25) is 4.90 Å². The highest BCUT2D eigenvalue weighted by molar-refractivity contribution is 7.89.